The van der Waals surface area contributed by atoms with Gasteiger partial charge in [0.2, 0.25) is 0 Å². The summed E-state index contributed by atoms with van der Waals surface area (Å²) in [5.74, 6) is 0.714. The Labute approximate surface area is 102 Å². The fraction of sp³-hybridized carbons (Fsp3) is 0.556. The number of hydrogen-bond donors (Lipinski definition) is 0. The maximum Gasteiger partial charge on any atom is 0.172 e. The fourth-order valence-electron chi connectivity index (χ4n) is 2.32. The first kappa shape index (κ1) is 9.87. The summed E-state index contributed by atoms with van der Waals surface area (Å²) in [7, 11) is 0. The standard InChI is InChI=1S/C9H9Cl2N3S/c10-6-3-5-1-2-14(4-5)8(6)7-9(11)13-15-12-7/h5H,1-4H2. The van der Waals surface area contributed by atoms with Crippen molar-refractivity contribution in [1.82, 2.24) is 13.6 Å². The lowest BCUT2D eigenvalue weighted by Crippen LogP contribution is -2.24. The van der Waals surface area contributed by atoms with Gasteiger partial charge in [0.05, 0.1) is 17.4 Å². The number of fused-ring (bicyclic) bond motifs is 2. The summed E-state index contributed by atoms with van der Waals surface area (Å²) >= 11 is 13.4. The van der Waals surface area contributed by atoms with Gasteiger partial charge in [0.1, 0.15) is 5.69 Å². The van der Waals surface area contributed by atoms with Crippen molar-refractivity contribution in [2.75, 3.05) is 13.1 Å². The van der Waals surface area contributed by atoms with E-state index in [9.17, 15) is 0 Å². The Kier molecular flexibility index (Phi) is 2.38. The van der Waals surface area contributed by atoms with Gasteiger partial charge in [-0.15, -0.1) is 0 Å². The van der Waals surface area contributed by atoms with Gasteiger partial charge in [-0.1, -0.05) is 23.2 Å². The topological polar surface area (TPSA) is 29.0 Å². The Balaban J connectivity index is 2.07. The largest absolute Gasteiger partial charge is 0.368 e. The average molecular weight is 262 g/mol. The number of rotatable bonds is 1. The van der Waals surface area contributed by atoms with Crippen molar-refractivity contribution in [2.45, 2.75) is 12.8 Å². The van der Waals surface area contributed by atoms with E-state index in [4.69, 9.17) is 23.2 Å². The van der Waals surface area contributed by atoms with E-state index in [2.05, 4.69) is 13.6 Å². The van der Waals surface area contributed by atoms with E-state index in [-0.39, 0.29) is 0 Å². The maximum atomic E-state index is 6.29. The zero-order valence-corrected chi connectivity index (χ0v) is 10.2. The lowest BCUT2D eigenvalue weighted by atomic mass is 10.0. The van der Waals surface area contributed by atoms with Crippen LogP contribution in [0.3, 0.4) is 0 Å². The lowest BCUT2D eigenvalue weighted by Gasteiger charge is -2.26. The van der Waals surface area contributed by atoms with Gasteiger partial charge in [-0.25, -0.2) is 0 Å². The third-order valence-electron chi connectivity index (χ3n) is 3.00. The van der Waals surface area contributed by atoms with Gasteiger partial charge in [0.25, 0.3) is 0 Å². The summed E-state index contributed by atoms with van der Waals surface area (Å²) in [6, 6.07) is 0. The molecule has 0 radical (unpaired) electrons. The lowest BCUT2D eigenvalue weighted by molar-refractivity contribution is 0.435. The molecule has 3 heterocycles. The quantitative estimate of drug-likeness (QED) is 0.779. The van der Waals surface area contributed by atoms with E-state index in [0.717, 1.165) is 47.7 Å². The second-order valence-corrected chi connectivity index (χ2v) is 5.30. The van der Waals surface area contributed by atoms with Crippen molar-refractivity contribution in [2.24, 2.45) is 5.92 Å². The van der Waals surface area contributed by atoms with Crippen LogP contribution in [0.2, 0.25) is 5.15 Å². The van der Waals surface area contributed by atoms with E-state index in [1.165, 1.54) is 6.42 Å². The Morgan fingerprint density at radius 3 is 2.93 bits per heavy atom. The SMILES string of the molecule is ClC1=C(c2nsnc2Cl)N2CCC(C1)C2. The summed E-state index contributed by atoms with van der Waals surface area (Å²) in [6.07, 6.45) is 2.18. The highest BCUT2D eigenvalue weighted by Crippen LogP contribution is 2.41. The van der Waals surface area contributed by atoms with Crippen LogP contribution in [0.15, 0.2) is 5.03 Å². The van der Waals surface area contributed by atoms with Crippen molar-refractivity contribution in [1.29, 1.82) is 0 Å². The highest BCUT2D eigenvalue weighted by Gasteiger charge is 2.34. The van der Waals surface area contributed by atoms with E-state index in [0.29, 0.717) is 11.1 Å². The van der Waals surface area contributed by atoms with Crippen LogP contribution < -0.4 is 0 Å². The minimum atomic E-state index is 0.471. The highest BCUT2D eigenvalue weighted by molar-refractivity contribution is 6.99. The van der Waals surface area contributed by atoms with Gasteiger partial charge in [-0.2, -0.15) is 8.75 Å². The Morgan fingerprint density at radius 2 is 2.20 bits per heavy atom. The molecule has 6 heteroatoms. The summed E-state index contributed by atoms with van der Waals surface area (Å²) in [5, 5.41) is 1.36. The van der Waals surface area contributed by atoms with Gasteiger partial charge in [-0.3, -0.25) is 0 Å². The molecule has 15 heavy (non-hydrogen) atoms. The van der Waals surface area contributed by atoms with Crippen molar-refractivity contribution < 1.29 is 0 Å². The van der Waals surface area contributed by atoms with E-state index in [1.54, 1.807) is 0 Å². The van der Waals surface area contributed by atoms with Crippen LogP contribution >= 0.6 is 34.9 Å². The monoisotopic (exact) mass is 261 g/mol. The van der Waals surface area contributed by atoms with Crippen molar-refractivity contribution in [3.63, 3.8) is 0 Å². The van der Waals surface area contributed by atoms with Gasteiger partial charge in [0.15, 0.2) is 5.15 Å². The van der Waals surface area contributed by atoms with E-state index >= 15 is 0 Å². The van der Waals surface area contributed by atoms with Crippen LogP contribution in [0.1, 0.15) is 18.5 Å². The van der Waals surface area contributed by atoms with Crippen LogP contribution in [0.4, 0.5) is 0 Å². The zero-order chi connectivity index (χ0) is 10.4. The first-order valence-electron chi connectivity index (χ1n) is 4.87. The second kappa shape index (κ2) is 3.61. The van der Waals surface area contributed by atoms with Gasteiger partial charge in [-0.05, 0) is 18.8 Å². The molecule has 3 rings (SSSR count). The number of nitrogens with zero attached hydrogens (tertiary/aromatic N) is 3. The molecule has 1 unspecified atom stereocenters. The number of allylic oxidation sites excluding steroid dienone is 1. The third kappa shape index (κ3) is 1.55. The first-order chi connectivity index (χ1) is 7.25. The Bertz CT molecular complexity index is 429. The van der Waals surface area contributed by atoms with Crippen molar-refractivity contribution in [3.8, 4) is 0 Å². The van der Waals surface area contributed by atoms with E-state index < -0.39 is 0 Å². The van der Waals surface area contributed by atoms with Gasteiger partial charge < -0.3 is 4.90 Å². The molecule has 3 nitrogen and oxygen atoms in total. The molecule has 0 spiro atoms. The predicted octanol–water partition coefficient (Wildman–Crippen LogP) is 2.82. The van der Waals surface area contributed by atoms with Crippen LogP contribution in [0, 0.1) is 5.92 Å². The third-order valence-corrected chi connectivity index (χ3v) is 4.23. The van der Waals surface area contributed by atoms with Gasteiger partial charge in [0, 0.05) is 18.1 Å². The average Bonchev–Trinajstić information content (AvgIpc) is 2.76. The molecule has 0 saturated carbocycles. The smallest absolute Gasteiger partial charge is 0.172 e. The summed E-state index contributed by atoms with van der Waals surface area (Å²) in [4.78, 5) is 2.28. The minimum Gasteiger partial charge on any atom is -0.368 e. The zero-order valence-electron chi connectivity index (χ0n) is 7.91. The maximum absolute atomic E-state index is 6.29. The molecule has 2 aliphatic rings. The highest BCUT2D eigenvalue weighted by atomic mass is 35.5. The second-order valence-electron chi connectivity index (χ2n) is 3.96. The Morgan fingerprint density at radius 1 is 1.33 bits per heavy atom. The normalized spacial score (nSPS) is 25.2. The molecule has 0 aromatic carbocycles. The molecular weight excluding hydrogens is 253 g/mol. The van der Waals surface area contributed by atoms with E-state index in [1.807, 2.05) is 0 Å². The molecule has 1 fully saturated rings. The van der Waals surface area contributed by atoms with Crippen LogP contribution in [0.5, 0.6) is 0 Å². The molecule has 1 aromatic rings. The molecule has 0 aliphatic carbocycles. The summed E-state index contributed by atoms with van der Waals surface area (Å²) < 4.78 is 8.21. The minimum absolute atomic E-state index is 0.471. The van der Waals surface area contributed by atoms with Crippen LogP contribution in [-0.4, -0.2) is 26.7 Å². The predicted molar refractivity (Wildman–Crippen MR) is 62.0 cm³/mol. The first-order valence-corrected chi connectivity index (χ1v) is 6.36. The number of halogens is 2. The molecule has 2 aliphatic heterocycles. The summed E-state index contributed by atoms with van der Waals surface area (Å²) in [5.41, 5.74) is 1.76. The fourth-order valence-corrected chi connectivity index (χ4v) is 3.48. The molecule has 80 valence electrons. The number of hydrogen-bond acceptors (Lipinski definition) is 4. The summed E-state index contributed by atoms with van der Waals surface area (Å²) in [6.45, 7) is 2.14. The molecule has 0 N–H and O–H groups in total. The van der Waals surface area contributed by atoms with Crippen molar-refractivity contribution >= 4 is 40.6 Å². The molecule has 1 atom stereocenters. The van der Waals surface area contributed by atoms with Crippen LogP contribution in [0.25, 0.3) is 5.70 Å². The molecular formula is C9H9Cl2N3S. The molecule has 0 amide bonds. The Hall–Kier alpha value is -0.320. The molecule has 2 bridgehead atoms. The number of aromatic nitrogens is 2. The molecule has 1 saturated heterocycles. The van der Waals surface area contributed by atoms with Gasteiger partial charge >= 0.3 is 0 Å². The van der Waals surface area contributed by atoms with Crippen LogP contribution in [-0.2, 0) is 0 Å². The van der Waals surface area contributed by atoms with Crippen molar-refractivity contribution in [3.05, 3.63) is 15.9 Å². The molecule has 1 aromatic heterocycles.